The van der Waals surface area contributed by atoms with E-state index in [4.69, 9.17) is 0 Å². The van der Waals surface area contributed by atoms with Gasteiger partial charge in [0.25, 0.3) is 0 Å². The lowest BCUT2D eigenvalue weighted by Crippen LogP contribution is -2.12. The quantitative estimate of drug-likeness (QED) is 0.560. The third kappa shape index (κ3) is 3.72. The SMILES string of the molecule is O=S(=O)([O-])c1ccc(S(=O)(=O)c2ccccc2)cc1S(=O)(=O)c1ccccc1. The minimum Gasteiger partial charge on any atom is -0.744 e. The lowest BCUT2D eigenvalue weighted by atomic mass is 10.3. The van der Waals surface area contributed by atoms with E-state index in [9.17, 15) is 29.8 Å². The van der Waals surface area contributed by atoms with Crippen molar-refractivity contribution in [2.75, 3.05) is 0 Å². The van der Waals surface area contributed by atoms with E-state index in [1.807, 2.05) is 0 Å². The molecule has 0 N–H and O–H groups in total. The fourth-order valence-electron chi connectivity index (χ4n) is 2.53. The predicted molar refractivity (Wildman–Crippen MR) is 98.2 cm³/mol. The summed E-state index contributed by atoms with van der Waals surface area (Å²) in [5.41, 5.74) is 0. The van der Waals surface area contributed by atoms with Gasteiger partial charge in [-0.3, -0.25) is 0 Å². The van der Waals surface area contributed by atoms with Crippen LogP contribution in [0.1, 0.15) is 0 Å². The fourth-order valence-corrected chi connectivity index (χ4v) is 6.48. The summed E-state index contributed by atoms with van der Waals surface area (Å²) in [4.78, 5) is -2.71. The molecule has 0 radical (unpaired) electrons. The monoisotopic (exact) mass is 437 g/mol. The Labute approximate surface area is 162 Å². The summed E-state index contributed by atoms with van der Waals surface area (Å²) < 4.78 is 86.2. The Morgan fingerprint density at radius 3 is 1.43 bits per heavy atom. The molecule has 0 aliphatic heterocycles. The summed E-state index contributed by atoms with van der Waals surface area (Å²) in [6, 6.07) is 16.4. The molecule has 0 spiro atoms. The maximum absolute atomic E-state index is 12.9. The molecule has 0 atom stereocenters. The van der Waals surface area contributed by atoms with E-state index in [0.717, 1.165) is 6.07 Å². The van der Waals surface area contributed by atoms with Gasteiger partial charge in [0, 0.05) is 0 Å². The van der Waals surface area contributed by atoms with Crippen LogP contribution in [-0.4, -0.2) is 29.8 Å². The Balaban J connectivity index is 2.31. The molecule has 10 heteroatoms. The van der Waals surface area contributed by atoms with Gasteiger partial charge in [-0.05, 0) is 42.5 Å². The number of hydrogen-bond acceptors (Lipinski definition) is 7. The minimum absolute atomic E-state index is 0.101. The van der Waals surface area contributed by atoms with Crippen LogP contribution < -0.4 is 0 Å². The molecule has 0 saturated carbocycles. The predicted octanol–water partition coefficient (Wildman–Crippen LogP) is 2.26. The van der Waals surface area contributed by atoms with Gasteiger partial charge < -0.3 is 4.55 Å². The Hall–Kier alpha value is -2.53. The van der Waals surface area contributed by atoms with E-state index in [1.54, 1.807) is 12.1 Å². The van der Waals surface area contributed by atoms with Gasteiger partial charge in [0.15, 0.2) is 0 Å². The van der Waals surface area contributed by atoms with Crippen molar-refractivity contribution in [2.45, 2.75) is 24.5 Å². The van der Waals surface area contributed by atoms with E-state index in [0.29, 0.717) is 12.1 Å². The molecule has 28 heavy (non-hydrogen) atoms. The van der Waals surface area contributed by atoms with E-state index < -0.39 is 44.5 Å². The molecule has 3 aromatic rings. The average Bonchev–Trinajstić information content (AvgIpc) is 2.68. The van der Waals surface area contributed by atoms with Crippen LogP contribution >= 0.6 is 0 Å². The molecule has 146 valence electrons. The van der Waals surface area contributed by atoms with Crippen molar-refractivity contribution in [2.24, 2.45) is 0 Å². The first-order valence-corrected chi connectivity index (χ1v) is 12.1. The summed E-state index contributed by atoms with van der Waals surface area (Å²) in [7, 11) is -13.8. The molecule has 0 bridgehead atoms. The molecule has 0 aliphatic rings. The first-order chi connectivity index (χ1) is 13.0. The zero-order valence-electron chi connectivity index (χ0n) is 14.1. The summed E-state index contributed by atoms with van der Waals surface area (Å²) >= 11 is 0. The van der Waals surface area contributed by atoms with E-state index >= 15 is 0 Å². The molecule has 0 fully saturated rings. The second-order valence-electron chi connectivity index (χ2n) is 5.70. The topological polar surface area (TPSA) is 125 Å². The van der Waals surface area contributed by atoms with Gasteiger partial charge >= 0.3 is 0 Å². The highest BCUT2D eigenvalue weighted by Crippen LogP contribution is 2.31. The van der Waals surface area contributed by atoms with Gasteiger partial charge in [-0.25, -0.2) is 25.3 Å². The highest BCUT2D eigenvalue weighted by molar-refractivity contribution is 7.93. The van der Waals surface area contributed by atoms with Gasteiger partial charge in [-0.15, -0.1) is 0 Å². The van der Waals surface area contributed by atoms with E-state index in [2.05, 4.69) is 0 Å². The summed E-state index contributed by atoms with van der Waals surface area (Å²) in [5, 5.41) is 0. The Morgan fingerprint density at radius 2 is 0.964 bits per heavy atom. The molecule has 0 heterocycles. The maximum atomic E-state index is 12.9. The zero-order chi connectivity index (χ0) is 20.6. The van der Waals surface area contributed by atoms with Gasteiger partial charge in [0.2, 0.25) is 19.7 Å². The smallest absolute Gasteiger partial charge is 0.207 e. The summed E-state index contributed by atoms with van der Waals surface area (Å²) in [6.07, 6.45) is 0. The van der Waals surface area contributed by atoms with Crippen LogP contribution in [0.4, 0.5) is 0 Å². The highest BCUT2D eigenvalue weighted by atomic mass is 32.2. The van der Waals surface area contributed by atoms with Gasteiger partial charge in [0.1, 0.15) is 10.1 Å². The van der Waals surface area contributed by atoms with E-state index in [1.165, 1.54) is 48.5 Å². The molecule has 0 amide bonds. The van der Waals surface area contributed by atoms with Crippen molar-refractivity contribution < 1.29 is 29.8 Å². The largest absolute Gasteiger partial charge is 0.744 e. The first kappa shape index (κ1) is 20.2. The first-order valence-electron chi connectivity index (χ1n) is 7.75. The summed E-state index contributed by atoms with van der Waals surface area (Å²) in [5.74, 6) is 0. The maximum Gasteiger partial charge on any atom is 0.207 e. The fraction of sp³-hybridized carbons (Fsp3) is 0. The molecule has 7 nitrogen and oxygen atoms in total. The van der Waals surface area contributed by atoms with Crippen LogP contribution in [0.5, 0.6) is 0 Å². The molecule has 3 rings (SSSR count). The minimum atomic E-state index is -5.18. The lowest BCUT2D eigenvalue weighted by Gasteiger charge is -2.15. The third-order valence-corrected chi connectivity index (χ3v) is 8.49. The normalized spacial score (nSPS) is 12.6. The lowest BCUT2D eigenvalue weighted by molar-refractivity contribution is 0.459. The van der Waals surface area contributed by atoms with Crippen LogP contribution in [0.15, 0.2) is 103 Å². The van der Waals surface area contributed by atoms with Crippen molar-refractivity contribution in [3.05, 3.63) is 78.9 Å². The van der Waals surface area contributed by atoms with Crippen LogP contribution in [-0.2, 0) is 29.8 Å². The van der Waals surface area contributed by atoms with Gasteiger partial charge in [-0.2, -0.15) is 0 Å². The molecule has 0 aliphatic carbocycles. The molecular weight excluding hydrogens is 424 g/mol. The van der Waals surface area contributed by atoms with Crippen LogP contribution in [0.25, 0.3) is 0 Å². The third-order valence-electron chi connectivity index (χ3n) is 3.89. The van der Waals surface area contributed by atoms with Crippen molar-refractivity contribution in [3.63, 3.8) is 0 Å². The van der Waals surface area contributed by atoms with Crippen molar-refractivity contribution >= 4 is 29.8 Å². The second-order valence-corrected chi connectivity index (χ2v) is 10.9. The van der Waals surface area contributed by atoms with Crippen LogP contribution in [0.3, 0.4) is 0 Å². The van der Waals surface area contributed by atoms with Gasteiger partial charge in [-0.1, -0.05) is 36.4 Å². The summed E-state index contributed by atoms with van der Waals surface area (Å²) in [6.45, 7) is 0. The Bertz CT molecular complexity index is 1330. The molecule has 3 aromatic carbocycles. The van der Waals surface area contributed by atoms with E-state index in [-0.39, 0.29) is 9.79 Å². The molecule has 0 unspecified atom stereocenters. The number of benzene rings is 3. The van der Waals surface area contributed by atoms with Crippen LogP contribution in [0, 0.1) is 0 Å². The number of sulfone groups is 2. The standard InChI is InChI=1S/C18H14O7S3/c19-26(20,14-7-3-1-4-8-14)16-11-12-17(28(23,24)25)18(13-16)27(21,22)15-9-5-2-6-10-15/h1-13H,(H,23,24,25)/p-1. The van der Waals surface area contributed by atoms with Crippen LogP contribution in [0.2, 0.25) is 0 Å². The molecule has 0 saturated heterocycles. The average molecular weight is 437 g/mol. The van der Waals surface area contributed by atoms with Crippen molar-refractivity contribution in [1.82, 2.24) is 0 Å². The van der Waals surface area contributed by atoms with Gasteiger partial charge in [0.05, 0.1) is 24.5 Å². The number of hydrogen-bond donors (Lipinski definition) is 0. The molecule has 0 aromatic heterocycles. The zero-order valence-corrected chi connectivity index (χ0v) is 16.5. The van der Waals surface area contributed by atoms with Crippen molar-refractivity contribution in [3.8, 4) is 0 Å². The molecular formula is C18H13O7S3-. The second kappa shape index (κ2) is 7.13. The Kier molecular flexibility index (Phi) is 5.15. The number of rotatable bonds is 5. The highest BCUT2D eigenvalue weighted by Gasteiger charge is 2.27. The Morgan fingerprint density at radius 1 is 0.500 bits per heavy atom. The van der Waals surface area contributed by atoms with Crippen molar-refractivity contribution in [1.29, 1.82) is 0 Å².